The lowest BCUT2D eigenvalue weighted by atomic mass is 9.94. The van der Waals surface area contributed by atoms with E-state index in [0.717, 1.165) is 22.6 Å². The normalized spacial score (nSPS) is 14.6. The number of esters is 2. The molecule has 1 aliphatic heterocycles. The molecule has 4 aromatic rings. The van der Waals surface area contributed by atoms with Gasteiger partial charge >= 0.3 is 11.9 Å². The number of carbonyl (C=O) groups is 2. The third-order valence-corrected chi connectivity index (χ3v) is 8.62. The molecular weight excluding hydrogens is 594 g/mol. The topological polar surface area (TPSA) is 110 Å². The minimum atomic E-state index is -0.849. The molecule has 1 aliphatic rings. The predicted octanol–water partition coefficient (Wildman–Crippen LogP) is 4.40. The fourth-order valence-corrected chi connectivity index (χ4v) is 6.61. The average molecular weight is 630 g/mol. The van der Waals surface area contributed by atoms with Crippen LogP contribution in [0.2, 0.25) is 0 Å². The van der Waals surface area contributed by atoms with Gasteiger partial charge in [0.15, 0.2) is 4.80 Å². The summed E-state index contributed by atoms with van der Waals surface area (Å²) < 4.78 is 25.7. The van der Waals surface area contributed by atoms with E-state index in [0.29, 0.717) is 44.3 Å². The molecule has 10 nitrogen and oxygen atoms in total. The van der Waals surface area contributed by atoms with Gasteiger partial charge < -0.3 is 23.5 Å². The summed E-state index contributed by atoms with van der Waals surface area (Å²) >= 11 is 1.25. The Morgan fingerprint density at radius 2 is 1.62 bits per heavy atom. The van der Waals surface area contributed by atoms with Crippen LogP contribution in [0.3, 0.4) is 0 Å². The Balaban J connectivity index is 1.66. The van der Waals surface area contributed by atoms with Crippen molar-refractivity contribution in [2.75, 3.05) is 27.4 Å². The zero-order chi connectivity index (χ0) is 32.4. The molecule has 3 heterocycles. The van der Waals surface area contributed by atoms with Crippen LogP contribution in [0.5, 0.6) is 11.5 Å². The molecule has 0 unspecified atom stereocenters. The summed E-state index contributed by atoms with van der Waals surface area (Å²) in [5.74, 6) is 0.116. The molecule has 0 radical (unpaired) electrons. The number of fused-ring (bicyclic) bond motifs is 1. The summed E-state index contributed by atoms with van der Waals surface area (Å²) in [6.45, 7) is 9.68. The standard InChI is InChI=1S/C34H35N3O7S/c1-8-43-32(39)22-10-12-24(13-11-22)36-19(3)16-23(21(36)5)17-28-31(38)37-30(26-18-25(41-6)14-15-27(26)42-7)29(33(40)44-9-2)20(4)35-34(37)45-28/h10-18,30H,8-9H2,1-7H3/b28-17-/t30-/m1/s1. The summed E-state index contributed by atoms with van der Waals surface area (Å²) in [6.07, 6.45) is 1.85. The van der Waals surface area contributed by atoms with E-state index in [1.165, 1.54) is 23.0 Å². The van der Waals surface area contributed by atoms with Crippen molar-refractivity contribution in [3.05, 3.63) is 108 Å². The summed E-state index contributed by atoms with van der Waals surface area (Å²) in [6, 6.07) is 13.6. The molecule has 0 saturated carbocycles. The van der Waals surface area contributed by atoms with E-state index in [1.54, 1.807) is 58.2 Å². The van der Waals surface area contributed by atoms with E-state index in [1.807, 2.05) is 38.1 Å². The number of hydrogen-bond acceptors (Lipinski definition) is 9. The highest BCUT2D eigenvalue weighted by molar-refractivity contribution is 7.07. The Morgan fingerprint density at radius 1 is 0.933 bits per heavy atom. The van der Waals surface area contributed by atoms with Crippen LogP contribution in [0.4, 0.5) is 0 Å². The number of nitrogens with zero attached hydrogens (tertiary/aromatic N) is 3. The minimum absolute atomic E-state index is 0.170. The van der Waals surface area contributed by atoms with E-state index >= 15 is 0 Å². The van der Waals surface area contributed by atoms with Crippen molar-refractivity contribution in [2.24, 2.45) is 4.99 Å². The SMILES string of the molecule is CCOC(=O)C1=C(C)N=c2s/c(=C\c3cc(C)n(-c4ccc(C(=O)OCC)cc4)c3C)c(=O)n2[C@@H]1c1cc(OC)ccc1OC. The molecule has 1 atom stereocenters. The first-order chi connectivity index (χ1) is 21.6. The van der Waals surface area contributed by atoms with E-state index in [4.69, 9.17) is 18.9 Å². The number of ether oxygens (including phenoxy) is 4. The summed E-state index contributed by atoms with van der Waals surface area (Å²) in [7, 11) is 3.09. The number of aryl methyl sites for hydroxylation is 1. The smallest absolute Gasteiger partial charge is 0.338 e. The predicted molar refractivity (Wildman–Crippen MR) is 171 cm³/mol. The highest BCUT2D eigenvalue weighted by Gasteiger charge is 2.35. The van der Waals surface area contributed by atoms with Crippen molar-refractivity contribution in [1.82, 2.24) is 9.13 Å². The maximum Gasteiger partial charge on any atom is 0.338 e. The molecule has 2 aromatic heterocycles. The molecule has 0 aliphatic carbocycles. The van der Waals surface area contributed by atoms with Gasteiger partial charge in [-0.3, -0.25) is 9.36 Å². The molecule has 11 heteroatoms. The lowest BCUT2D eigenvalue weighted by Crippen LogP contribution is -2.40. The van der Waals surface area contributed by atoms with Crippen molar-refractivity contribution in [2.45, 2.75) is 40.7 Å². The Bertz CT molecular complexity index is 2000. The number of hydrogen-bond donors (Lipinski definition) is 0. The van der Waals surface area contributed by atoms with Crippen molar-refractivity contribution >= 4 is 29.4 Å². The molecule has 0 amide bonds. The number of methoxy groups -OCH3 is 2. The van der Waals surface area contributed by atoms with E-state index < -0.39 is 12.0 Å². The zero-order valence-corrected chi connectivity index (χ0v) is 27.1. The lowest BCUT2D eigenvalue weighted by Gasteiger charge is -2.26. The molecule has 234 valence electrons. The molecule has 0 bridgehead atoms. The Morgan fingerprint density at radius 3 is 2.27 bits per heavy atom. The monoisotopic (exact) mass is 629 g/mol. The highest BCUT2D eigenvalue weighted by atomic mass is 32.1. The molecule has 5 rings (SSSR count). The Hall–Kier alpha value is -4.90. The second-order valence-corrected chi connectivity index (χ2v) is 11.3. The van der Waals surface area contributed by atoms with Gasteiger partial charge in [-0.25, -0.2) is 14.6 Å². The first-order valence-electron chi connectivity index (χ1n) is 14.5. The highest BCUT2D eigenvalue weighted by Crippen LogP contribution is 2.38. The number of benzene rings is 2. The van der Waals surface area contributed by atoms with Gasteiger partial charge in [0.1, 0.15) is 17.5 Å². The molecule has 0 saturated heterocycles. The van der Waals surface area contributed by atoms with Crippen LogP contribution in [0.1, 0.15) is 59.7 Å². The number of aromatic nitrogens is 2. The van der Waals surface area contributed by atoms with Gasteiger partial charge in [-0.15, -0.1) is 0 Å². The Labute approximate surface area is 264 Å². The average Bonchev–Trinajstić information content (AvgIpc) is 3.49. The second-order valence-electron chi connectivity index (χ2n) is 10.3. The largest absolute Gasteiger partial charge is 0.497 e. The second kappa shape index (κ2) is 13.0. The molecule has 0 spiro atoms. The fourth-order valence-electron chi connectivity index (χ4n) is 5.57. The minimum Gasteiger partial charge on any atom is -0.497 e. The summed E-state index contributed by atoms with van der Waals surface area (Å²) in [5, 5.41) is 0. The zero-order valence-electron chi connectivity index (χ0n) is 26.3. The van der Waals surface area contributed by atoms with Gasteiger partial charge in [0.2, 0.25) is 0 Å². The van der Waals surface area contributed by atoms with Crippen LogP contribution in [0, 0.1) is 13.8 Å². The number of allylic oxidation sites excluding steroid dienone is 1. The molecule has 2 aromatic carbocycles. The number of thiazole rings is 1. The van der Waals surface area contributed by atoms with Crippen LogP contribution < -0.4 is 24.4 Å². The maximum atomic E-state index is 14.2. The summed E-state index contributed by atoms with van der Waals surface area (Å²) in [4.78, 5) is 44.8. The third-order valence-electron chi connectivity index (χ3n) is 7.64. The van der Waals surface area contributed by atoms with E-state index in [9.17, 15) is 14.4 Å². The van der Waals surface area contributed by atoms with Gasteiger partial charge in [-0.05, 0) is 94.8 Å². The molecule has 45 heavy (non-hydrogen) atoms. The van der Waals surface area contributed by atoms with Crippen LogP contribution in [0.15, 0.2) is 69.6 Å². The van der Waals surface area contributed by atoms with Crippen LogP contribution in [-0.4, -0.2) is 48.5 Å². The van der Waals surface area contributed by atoms with Crippen LogP contribution >= 0.6 is 11.3 Å². The van der Waals surface area contributed by atoms with Crippen molar-refractivity contribution < 1.29 is 28.5 Å². The van der Waals surface area contributed by atoms with E-state index in [2.05, 4.69) is 9.56 Å². The first kappa shape index (κ1) is 31.5. The van der Waals surface area contributed by atoms with Crippen molar-refractivity contribution in [3.8, 4) is 17.2 Å². The molecule has 0 N–H and O–H groups in total. The van der Waals surface area contributed by atoms with Gasteiger partial charge in [0, 0.05) is 22.6 Å². The van der Waals surface area contributed by atoms with Crippen molar-refractivity contribution in [3.63, 3.8) is 0 Å². The van der Waals surface area contributed by atoms with Crippen LogP contribution in [0.25, 0.3) is 11.8 Å². The van der Waals surface area contributed by atoms with Gasteiger partial charge in [0.05, 0.1) is 48.8 Å². The Kier molecular flexibility index (Phi) is 9.10. The van der Waals surface area contributed by atoms with E-state index in [-0.39, 0.29) is 23.7 Å². The van der Waals surface area contributed by atoms with Gasteiger partial charge in [-0.1, -0.05) is 11.3 Å². The quantitative estimate of drug-likeness (QED) is 0.253. The summed E-state index contributed by atoms with van der Waals surface area (Å²) in [5.41, 5.74) is 5.06. The molecular formula is C34H35N3O7S. The lowest BCUT2D eigenvalue weighted by molar-refractivity contribution is -0.139. The van der Waals surface area contributed by atoms with Gasteiger partial charge in [-0.2, -0.15) is 0 Å². The number of carbonyl (C=O) groups excluding carboxylic acids is 2. The fraction of sp³-hybridized carbons (Fsp3) is 0.294. The molecule has 0 fully saturated rings. The number of rotatable bonds is 9. The first-order valence-corrected chi connectivity index (χ1v) is 15.3. The maximum absolute atomic E-state index is 14.2. The third kappa shape index (κ3) is 5.83. The van der Waals surface area contributed by atoms with Gasteiger partial charge in [0.25, 0.3) is 5.56 Å². The van der Waals surface area contributed by atoms with Crippen LogP contribution in [-0.2, 0) is 14.3 Å². The van der Waals surface area contributed by atoms with Crippen molar-refractivity contribution in [1.29, 1.82) is 0 Å².